The second-order valence-electron chi connectivity index (χ2n) is 6.21. The van der Waals surface area contributed by atoms with E-state index in [1.807, 2.05) is 24.3 Å². The van der Waals surface area contributed by atoms with Crippen molar-refractivity contribution >= 4 is 16.9 Å². The van der Waals surface area contributed by atoms with Gasteiger partial charge in [0.05, 0.1) is 5.39 Å². The van der Waals surface area contributed by atoms with Crippen molar-refractivity contribution in [3.05, 3.63) is 85.3 Å². The van der Waals surface area contributed by atoms with Crippen molar-refractivity contribution < 1.29 is 0 Å². The molecule has 0 radical (unpaired) electrons. The molecule has 0 fully saturated rings. The van der Waals surface area contributed by atoms with Gasteiger partial charge in [-0.3, -0.25) is 0 Å². The van der Waals surface area contributed by atoms with Gasteiger partial charge in [-0.15, -0.1) is 6.58 Å². The molecule has 26 heavy (non-hydrogen) atoms. The van der Waals surface area contributed by atoms with Crippen molar-refractivity contribution in [1.82, 2.24) is 14.5 Å². The van der Waals surface area contributed by atoms with Gasteiger partial charge in [0.2, 0.25) is 0 Å². The minimum absolute atomic E-state index is 0.649. The highest BCUT2D eigenvalue weighted by atomic mass is 15.1. The molecule has 128 valence electrons. The maximum Gasteiger partial charge on any atom is 0.150 e. The lowest BCUT2D eigenvalue weighted by molar-refractivity contribution is 1.07. The molecule has 1 N–H and O–H groups in total. The molecule has 4 aromatic rings. The zero-order chi connectivity index (χ0) is 17.9. The van der Waals surface area contributed by atoms with Crippen LogP contribution in [0.2, 0.25) is 0 Å². The predicted octanol–water partition coefficient (Wildman–Crippen LogP) is 4.99. The molecule has 4 rings (SSSR count). The topological polar surface area (TPSA) is 42.7 Å². The smallest absolute Gasteiger partial charge is 0.150 e. The van der Waals surface area contributed by atoms with Crippen molar-refractivity contribution in [2.24, 2.45) is 0 Å². The van der Waals surface area contributed by atoms with Crippen molar-refractivity contribution in [3.63, 3.8) is 0 Å². The highest BCUT2D eigenvalue weighted by Gasteiger charge is 2.17. The van der Waals surface area contributed by atoms with Crippen molar-refractivity contribution in [3.8, 4) is 16.8 Å². The van der Waals surface area contributed by atoms with Gasteiger partial charge in [-0.05, 0) is 30.2 Å². The molecule has 0 aliphatic carbocycles. The lowest BCUT2D eigenvalue weighted by Crippen LogP contribution is -2.02. The summed E-state index contributed by atoms with van der Waals surface area (Å²) in [5.74, 6) is 0.820. The van der Waals surface area contributed by atoms with Crippen LogP contribution in [-0.2, 0) is 0 Å². The van der Waals surface area contributed by atoms with E-state index < -0.39 is 0 Å². The molecule has 4 heteroatoms. The average Bonchev–Trinajstić information content (AvgIpc) is 3.07. The Balaban J connectivity index is 2.01. The Bertz CT molecular complexity index is 1060. The average molecular weight is 340 g/mol. The first-order chi connectivity index (χ1) is 12.8. The van der Waals surface area contributed by atoms with Gasteiger partial charge >= 0.3 is 0 Å². The number of nitrogens with zero attached hydrogens (tertiary/aromatic N) is 3. The standard InChI is InChI=1S/C22H20N4/c1-3-12-23-21-20-19(17-9-5-4-6-10-17)14-26(22(20)25-15-24-21)18-11-7-8-16(2)13-18/h3-11,13-15H,1,12H2,2H3,(H,23,24,25). The van der Waals surface area contributed by atoms with Gasteiger partial charge in [-0.25, -0.2) is 9.97 Å². The highest BCUT2D eigenvalue weighted by molar-refractivity contribution is 6.02. The van der Waals surface area contributed by atoms with E-state index in [-0.39, 0.29) is 0 Å². The third kappa shape index (κ3) is 2.86. The largest absolute Gasteiger partial charge is 0.366 e. The molecule has 2 aromatic carbocycles. The van der Waals surface area contributed by atoms with Crippen LogP contribution in [0.5, 0.6) is 0 Å². The van der Waals surface area contributed by atoms with Gasteiger partial charge in [0.25, 0.3) is 0 Å². The van der Waals surface area contributed by atoms with Crippen LogP contribution in [-0.4, -0.2) is 21.1 Å². The number of aryl methyl sites for hydroxylation is 1. The Kier molecular flexibility index (Phi) is 4.23. The van der Waals surface area contributed by atoms with E-state index >= 15 is 0 Å². The van der Waals surface area contributed by atoms with Crippen molar-refractivity contribution in [2.75, 3.05) is 11.9 Å². The first-order valence-corrected chi connectivity index (χ1v) is 8.61. The van der Waals surface area contributed by atoms with E-state index in [1.54, 1.807) is 6.33 Å². The summed E-state index contributed by atoms with van der Waals surface area (Å²) in [5, 5.41) is 4.36. The third-order valence-corrected chi connectivity index (χ3v) is 4.36. The fourth-order valence-corrected chi connectivity index (χ4v) is 3.18. The Morgan fingerprint density at radius 1 is 1.08 bits per heavy atom. The van der Waals surface area contributed by atoms with Gasteiger partial charge in [0.1, 0.15) is 12.1 Å². The first-order valence-electron chi connectivity index (χ1n) is 8.61. The van der Waals surface area contributed by atoms with E-state index in [0.29, 0.717) is 6.54 Å². The summed E-state index contributed by atoms with van der Waals surface area (Å²) in [4.78, 5) is 9.06. The molecule has 0 atom stereocenters. The van der Waals surface area contributed by atoms with Crippen molar-refractivity contribution in [2.45, 2.75) is 6.92 Å². The molecule has 0 unspecified atom stereocenters. The lowest BCUT2D eigenvalue weighted by Gasteiger charge is -2.07. The number of benzene rings is 2. The van der Waals surface area contributed by atoms with Crippen LogP contribution in [0.15, 0.2) is 79.8 Å². The van der Waals surface area contributed by atoms with E-state index in [1.165, 1.54) is 5.56 Å². The summed E-state index contributed by atoms with van der Waals surface area (Å²) in [6.07, 6.45) is 5.57. The van der Waals surface area contributed by atoms with E-state index in [9.17, 15) is 0 Å². The summed E-state index contributed by atoms with van der Waals surface area (Å²) in [5.41, 5.74) is 5.43. The normalized spacial score (nSPS) is 10.8. The van der Waals surface area contributed by atoms with E-state index in [4.69, 9.17) is 0 Å². The minimum atomic E-state index is 0.649. The predicted molar refractivity (Wildman–Crippen MR) is 108 cm³/mol. The number of rotatable bonds is 5. The Morgan fingerprint density at radius 2 is 1.92 bits per heavy atom. The van der Waals surface area contributed by atoms with Gasteiger partial charge in [0.15, 0.2) is 5.65 Å². The monoisotopic (exact) mass is 340 g/mol. The summed E-state index contributed by atoms with van der Waals surface area (Å²) in [6.45, 7) is 6.53. The summed E-state index contributed by atoms with van der Waals surface area (Å²) >= 11 is 0. The Hall–Kier alpha value is -3.40. The van der Waals surface area contributed by atoms with E-state index in [2.05, 4.69) is 75.9 Å². The fourth-order valence-electron chi connectivity index (χ4n) is 3.18. The molecule has 2 heterocycles. The number of fused-ring (bicyclic) bond motifs is 1. The number of nitrogens with one attached hydrogen (secondary N) is 1. The second kappa shape index (κ2) is 6.84. The fraction of sp³-hybridized carbons (Fsp3) is 0.0909. The van der Waals surface area contributed by atoms with Crippen molar-refractivity contribution in [1.29, 1.82) is 0 Å². The van der Waals surface area contributed by atoms with Crippen LogP contribution in [0.3, 0.4) is 0 Å². The molecule has 0 bridgehead atoms. The second-order valence-corrected chi connectivity index (χ2v) is 6.21. The molecule has 0 saturated carbocycles. The van der Waals surface area contributed by atoms with Gasteiger partial charge < -0.3 is 9.88 Å². The van der Waals surface area contributed by atoms with Crippen LogP contribution in [0.25, 0.3) is 27.8 Å². The van der Waals surface area contributed by atoms with E-state index in [0.717, 1.165) is 33.7 Å². The summed E-state index contributed by atoms with van der Waals surface area (Å²) in [6, 6.07) is 18.8. The van der Waals surface area contributed by atoms with Crippen LogP contribution >= 0.6 is 0 Å². The number of anilines is 1. The molecule has 0 aliphatic rings. The van der Waals surface area contributed by atoms with Crippen LogP contribution in [0.4, 0.5) is 5.82 Å². The molecule has 0 amide bonds. The minimum Gasteiger partial charge on any atom is -0.366 e. The molecule has 0 aliphatic heterocycles. The summed E-state index contributed by atoms with van der Waals surface area (Å²) < 4.78 is 2.13. The van der Waals surface area contributed by atoms with Gasteiger partial charge in [-0.2, -0.15) is 0 Å². The quantitative estimate of drug-likeness (QED) is 0.520. The molecule has 2 aromatic heterocycles. The molecule has 0 spiro atoms. The van der Waals surface area contributed by atoms with Crippen LogP contribution < -0.4 is 5.32 Å². The van der Waals surface area contributed by atoms with Gasteiger partial charge in [-0.1, -0.05) is 48.5 Å². The SMILES string of the molecule is C=CCNc1ncnc2c1c(-c1ccccc1)cn2-c1cccc(C)c1. The van der Waals surface area contributed by atoms with Crippen LogP contribution in [0, 0.1) is 6.92 Å². The Labute approximate surface area is 152 Å². The Morgan fingerprint density at radius 3 is 2.69 bits per heavy atom. The molecular weight excluding hydrogens is 320 g/mol. The molecule has 0 saturated heterocycles. The number of hydrogen-bond donors (Lipinski definition) is 1. The maximum absolute atomic E-state index is 4.59. The lowest BCUT2D eigenvalue weighted by atomic mass is 10.1. The zero-order valence-electron chi connectivity index (χ0n) is 14.7. The zero-order valence-corrected chi connectivity index (χ0v) is 14.7. The first kappa shape index (κ1) is 16.1. The number of aromatic nitrogens is 3. The van der Waals surface area contributed by atoms with Crippen LogP contribution in [0.1, 0.15) is 5.56 Å². The number of hydrogen-bond acceptors (Lipinski definition) is 3. The molecule has 4 nitrogen and oxygen atoms in total. The summed E-state index contributed by atoms with van der Waals surface area (Å²) in [7, 11) is 0. The third-order valence-electron chi connectivity index (χ3n) is 4.36. The molecular formula is C22H20N4. The van der Waals surface area contributed by atoms with Gasteiger partial charge in [0, 0.05) is 24.0 Å². The highest BCUT2D eigenvalue weighted by Crippen LogP contribution is 2.35. The maximum atomic E-state index is 4.59.